The van der Waals surface area contributed by atoms with Crippen LogP contribution in [0.5, 0.6) is 0 Å². The van der Waals surface area contributed by atoms with Gasteiger partial charge in [0.1, 0.15) is 0 Å². The predicted octanol–water partition coefficient (Wildman–Crippen LogP) is 4.76. The molecule has 0 aliphatic carbocycles. The minimum Gasteiger partial charge on any atom is -0.284 e. The fourth-order valence-corrected chi connectivity index (χ4v) is 4.84. The summed E-state index contributed by atoms with van der Waals surface area (Å²) < 4.78 is 25.3. The number of amides is 1. The van der Waals surface area contributed by atoms with E-state index < -0.39 is 10.0 Å². The van der Waals surface area contributed by atoms with E-state index in [0.717, 1.165) is 22.4 Å². The highest BCUT2D eigenvalue weighted by atomic mass is 35.5. The van der Waals surface area contributed by atoms with E-state index in [1.165, 1.54) is 5.01 Å². The van der Waals surface area contributed by atoms with Crippen LogP contribution in [0.25, 0.3) is 0 Å². The summed E-state index contributed by atoms with van der Waals surface area (Å²) in [7, 11) is -3.34. The zero-order valence-electron chi connectivity index (χ0n) is 15.9. The van der Waals surface area contributed by atoms with Crippen LogP contribution in [0.1, 0.15) is 33.3 Å². The molecule has 2 heterocycles. The second-order valence-electron chi connectivity index (χ2n) is 6.89. The minimum atomic E-state index is -3.34. The number of benzene rings is 2. The number of carbonyl (C=O) groups excluding carboxylic acids is 1. The maximum Gasteiger partial charge on any atom is 0.274 e. The summed E-state index contributed by atoms with van der Waals surface area (Å²) in [6, 6.07) is 17.5. The van der Waals surface area contributed by atoms with Gasteiger partial charge in [-0.25, -0.2) is 13.4 Å². The third kappa shape index (κ3) is 4.56. The van der Waals surface area contributed by atoms with Crippen LogP contribution in [-0.2, 0) is 10.0 Å². The fourth-order valence-electron chi connectivity index (χ4n) is 3.27. The van der Waals surface area contributed by atoms with Crippen molar-refractivity contribution in [2.75, 3.05) is 11.0 Å². The van der Waals surface area contributed by atoms with Crippen LogP contribution in [0.4, 0.5) is 5.69 Å². The molecule has 0 saturated carbocycles. The van der Waals surface area contributed by atoms with Crippen molar-refractivity contribution in [2.24, 2.45) is 5.10 Å². The van der Waals surface area contributed by atoms with Gasteiger partial charge in [0.25, 0.3) is 5.91 Å². The number of anilines is 1. The number of halogens is 1. The molecule has 3 aromatic rings. The van der Waals surface area contributed by atoms with Gasteiger partial charge in [-0.1, -0.05) is 35.9 Å². The van der Waals surface area contributed by atoms with Gasteiger partial charge in [0.2, 0.25) is 10.0 Å². The first kappa shape index (κ1) is 20.6. The van der Waals surface area contributed by atoms with E-state index in [4.69, 9.17) is 11.6 Å². The highest BCUT2D eigenvalue weighted by Crippen LogP contribution is 2.36. The number of sulfonamides is 1. The van der Waals surface area contributed by atoms with Gasteiger partial charge >= 0.3 is 0 Å². The van der Waals surface area contributed by atoms with Gasteiger partial charge in [0.05, 0.1) is 18.0 Å². The number of hydrogen-bond acceptors (Lipinski definition) is 5. The lowest BCUT2D eigenvalue weighted by atomic mass is 10.0. The predicted molar refractivity (Wildman–Crippen MR) is 121 cm³/mol. The zero-order valence-corrected chi connectivity index (χ0v) is 18.3. The van der Waals surface area contributed by atoms with Gasteiger partial charge in [-0.2, -0.15) is 5.10 Å². The molecular weight excluding hydrogens is 442 g/mol. The third-order valence-electron chi connectivity index (χ3n) is 4.58. The lowest BCUT2D eigenvalue weighted by Crippen LogP contribution is -2.26. The molecule has 1 atom stereocenters. The van der Waals surface area contributed by atoms with Crippen molar-refractivity contribution in [3.05, 3.63) is 87.1 Å². The van der Waals surface area contributed by atoms with Crippen LogP contribution in [0.2, 0.25) is 5.02 Å². The van der Waals surface area contributed by atoms with Gasteiger partial charge in [-0.15, -0.1) is 11.3 Å². The van der Waals surface area contributed by atoms with Crippen LogP contribution < -0.4 is 4.72 Å². The molecule has 1 aliphatic heterocycles. The molecule has 0 radical (unpaired) electrons. The summed E-state index contributed by atoms with van der Waals surface area (Å²) in [5, 5.41) is 8.61. The Kier molecular flexibility index (Phi) is 5.64. The number of hydrazone groups is 1. The number of hydrogen-bond donors (Lipinski definition) is 1. The number of carbonyl (C=O) groups is 1. The lowest BCUT2D eigenvalue weighted by molar-refractivity contribution is 0.0714. The zero-order chi connectivity index (χ0) is 21.3. The Balaban J connectivity index is 1.66. The molecule has 0 bridgehead atoms. The molecule has 1 aliphatic rings. The van der Waals surface area contributed by atoms with Crippen LogP contribution in [-0.4, -0.2) is 31.3 Å². The SMILES string of the molecule is CS(=O)(=O)Nc1ccc(C2=NN(C(=O)c3cccc(Cl)c3)[C@@H](c3cccs3)C2)cc1. The maximum atomic E-state index is 13.2. The van der Waals surface area contributed by atoms with E-state index >= 15 is 0 Å². The molecule has 9 heteroatoms. The second-order valence-corrected chi connectivity index (χ2v) is 10.1. The van der Waals surface area contributed by atoms with E-state index in [0.29, 0.717) is 22.7 Å². The molecule has 4 rings (SSSR count). The highest BCUT2D eigenvalue weighted by molar-refractivity contribution is 7.92. The first-order valence-corrected chi connectivity index (χ1v) is 12.2. The Bertz CT molecular complexity index is 1210. The highest BCUT2D eigenvalue weighted by Gasteiger charge is 2.34. The molecule has 2 aromatic carbocycles. The van der Waals surface area contributed by atoms with Crippen molar-refractivity contribution in [1.82, 2.24) is 5.01 Å². The van der Waals surface area contributed by atoms with E-state index in [9.17, 15) is 13.2 Å². The van der Waals surface area contributed by atoms with Gasteiger partial charge in [0.15, 0.2) is 0 Å². The lowest BCUT2D eigenvalue weighted by Gasteiger charge is -2.20. The normalized spacial score (nSPS) is 16.4. The summed E-state index contributed by atoms with van der Waals surface area (Å²) >= 11 is 7.64. The molecule has 154 valence electrons. The van der Waals surface area contributed by atoms with Crippen molar-refractivity contribution in [1.29, 1.82) is 0 Å². The molecule has 6 nitrogen and oxygen atoms in total. The van der Waals surface area contributed by atoms with Crippen molar-refractivity contribution < 1.29 is 13.2 Å². The average Bonchev–Trinajstić information content (AvgIpc) is 3.36. The maximum absolute atomic E-state index is 13.2. The molecule has 1 N–H and O–H groups in total. The van der Waals surface area contributed by atoms with E-state index in [1.807, 2.05) is 17.5 Å². The van der Waals surface area contributed by atoms with E-state index in [1.54, 1.807) is 59.9 Å². The average molecular weight is 460 g/mol. The Morgan fingerprint density at radius 2 is 1.93 bits per heavy atom. The number of rotatable bonds is 5. The molecule has 1 aromatic heterocycles. The van der Waals surface area contributed by atoms with Crippen molar-refractivity contribution in [2.45, 2.75) is 12.5 Å². The molecule has 0 saturated heterocycles. The summed E-state index contributed by atoms with van der Waals surface area (Å²) in [6.45, 7) is 0. The van der Waals surface area contributed by atoms with Crippen LogP contribution in [0.15, 0.2) is 71.1 Å². The Hall–Kier alpha value is -2.68. The van der Waals surface area contributed by atoms with E-state index in [-0.39, 0.29) is 11.9 Å². The van der Waals surface area contributed by atoms with Crippen LogP contribution >= 0.6 is 22.9 Å². The third-order valence-corrected chi connectivity index (χ3v) is 6.40. The molecule has 30 heavy (non-hydrogen) atoms. The smallest absolute Gasteiger partial charge is 0.274 e. The largest absolute Gasteiger partial charge is 0.284 e. The van der Waals surface area contributed by atoms with Crippen molar-refractivity contribution in [3.63, 3.8) is 0 Å². The Labute approximate surface area is 183 Å². The van der Waals surface area contributed by atoms with Gasteiger partial charge in [-0.3, -0.25) is 9.52 Å². The standard InChI is InChI=1S/C21H18ClN3O3S2/c1-30(27,28)24-17-9-7-14(8-10-17)18-13-19(20-6-3-11-29-20)25(23-18)21(26)15-4-2-5-16(22)12-15/h2-12,19,24H,13H2,1H3/t19-/m1/s1. The second kappa shape index (κ2) is 8.22. The minimum absolute atomic E-state index is 0.208. The summed E-state index contributed by atoms with van der Waals surface area (Å²) in [4.78, 5) is 14.2. The first-order valence-electron chi connectivity index (χ1n) is 9.08. The Morgan fingerprint density at radius 3 is 2.57 bits per heavy atom. The van der Waals surface area contributed by atoms with Gasteiger partial charge in [0, 0.05) is 27.6 Å². The first-order chi connectivity index (χ1) is 14.3. The van der Waals surface area contributed by atoms with Gasteiger partial charge < -0.3 is 0 Å². The Morgan fingerprint density at radius 1 is 1.17 bits per heavy atom. The summed E-state index contributed by atoms with van der Waals surface area (Å²) in [5.41, 5.74) is 2.54. The molecular formula is C21H18ClN3O3S2. The van der Waals surface area contributed by atoms with Crippen molar-refractivity contribution in [3.8, 4) is 0 Å². The number of nitrogens with one attached hydrogen (secondary N) is 1. The molecule has 1 amide bonds. The number of nitrogens with zero attached hydrogens (tertiary/aromatic N) is 2. The molecule has 0 spiro atoms. The van der Waals surface area contributed by atoms with Crippen LogP contribution in [0, 0.1) is 0 Å². The number of thiophene rings is 1. The fraction of sp³-hybridized carbons (Fsp3) is 0.143. The summed E-state index contributed by atoms with van der Waals surface area (Å²) in [5.74, 6) is -0.221. The van der Waals surface area contributed by atoms with E-state index in [2.05, 4.69) is 9.82 Å². The van der Waals surface area contributed by atoms with Crippen LogP contribution in [0.3, 0.4) is 0 Å². The monoisotopic (exact) mass is 459 g/mol. The quantitative estimate of drug-likeness (QED) is 0.597. The summed E-state index contributed by atoms with van der Waals surface area (Å²) in [6.07, 6.45) is 1.67. The van der Waals surface area contributed by atoms with Gasteiger partial charge in [-0.05, 0) is 47.3 Å². The van der Waals surface area contributed by atoms with Crippen molar-refractivity contribution >= 4 is 50.3 Å². The molecule has 0 unspecified atom stereocenters. The molecule has 0 fully saturated rings. The topological polar surface area (TPSA) is 78.8 Å².